The topological polar surface area (TPSA) is 68.6 Å². The number of nitrogens with one attached hydrogen (secondary N) is 1. The number of ether oxygens (including phenoxy) is 2. The molecule has 2 heterocycles. The van der Waals surface area contributed by atoms with Gasteiger partial charge in [0.1, 0.15) is 11.9 Å². The lowest BCUT2D eigenvalue weighted by Gasteiger charge is -2.32. The van der Waals surface area contributed by atoms with Crippen molar-refractivity contribution in [3.05, 3.63) is 46.2 Å². The summed E-state index contributed by atoms with van der Waals surface area (Å²) in [5, 5.41) is 7.78. The van der Waals surface area contributed by atoms with Gasteiger partial charge in [-0.25, -0.2) is 0 Å². The Labute approximate surface area is 183 Å². The van der Waals surface area contributed by atoms with Crippen molar-refractivity contribution >= 4 is 17.5 Å². The highest BCUT2D eigenvalue weighted by Gasteiger charge is 2.22. The molecule has 0 spiro atoms. The van der Waals surface area contributed by atoms with E-state index in [4.69, 9.17) is 21.1 Å². The average molecular weight is 435 g/mol. The Morgan fingerprint density at radius 3 is 2.73 bits per heavy atom. The number of carbonyl (C=O) groups is 1. The van der Waals surface area contributed by atoms with Gasteiger partial charge in [0.15, 0.2) is 0 Å². The molecular weight excluding hydrogens is 404 g/mol. The maximum Gasteiger partial charge on any atom is 0.251 e. The van der Waals surface area contributed by atoms with Gasteiger partial charge < -0.3 is 14.8 Å². The van der Waals surface area contributed by atoms with Crippen molar-refractivity contribution in [2.45, 2.75) is 45.9 Å². The quantitative estimate of drug-likeness (QED) is 0.613. The molecule has 30 heavy (non-hydrogen) atoms. The number of piperidine rings is 1. The number of halogens is 1. The van der Waals surface area contributed by atoms with Gasteiger partial charge in [0.05, 0.1) is 17.3 Å². The summed E-state index contributed by atoms with van der Waals surface area (Å²) < 4.78 is 13.1. The summed E-state index contributed by atoms with van der Waals surface area (Å²) in [6.07, 6.45) is 4.15. The van der Waals surface area contributed by atoms with E-state index in [9.17, 15) is 4.79 Å². The fourth-order valence-electron chi connectivity index (χ4n) is 3.59. The van der Waals surface area contributed by atoms with Crippen LogP contribution < -0.4 is 10.1 Å². The third-order valence-electron chi connectivity index (χ3n) is 5.38. The molecular formula is C22H31ClN4O3. The molecule has 1 N–H and O–H groups in total. The van der Waals surface area contributed by atoms with Gasteiger partial charge in [0, 0.05) is 57.2 Å². The van der Waals surface area contributed by atoms with E-state index < -0.39 is 0 Å². The lowest BCUT2D eigenvalue weighted by atomic mass is 10.1. The summed E-state index contributed by atoms with van der Waals surface area (Å²) in [5.74, 6) is 0.458. The van der Waals surface area contributed by atoms with E-state index in [0.29, 0.717) is 29.5 Å². The number of hydrogen-bond acceptors (Lipinski definition) is 5. The van der Waals surface area contributed by atoms with Crippen molar-refractivity contribution in [3.63, 3.8) is 0 Å². The van der Waals surface area contributed by atoms with Crippen LogP contribution >= 0.6 is 11.6 Å². The summed E-state index contributed by atoms with van der Waals surface area (Å²) in [6.45, 7) is 8.86. The lowest BCUT2D eigenvalue weighted by molar-refractivity contribution is 0.0935. The van der Waals surface area contributed by atoms with Gasteiger partial charge in [-0.2, -0.15) is 5.10 Å². The first-order valence-electron chi connectivity index (χ1n) is 10.5. The number of likely N-dealkylation sites (tertiary alicyclic amines) is 1. The van der Waals surface area contributed by atoms with Crippen molar-refractivity contribution in [1.29, 1.82) is 0 Å². The number of amides is 1. The highest BCUT2D eigenvalue weighted by Crippen LogP contribution is 2.29. The van der Waals surface area contributed by atoms with Gasteiger partial charge in [-0.05, 0) is 44.9 Å². The van der Waals surface area contributed by atoms with Crippen LogP contribution in [0.15, 0.2) is 24.4 Å². The van der Waals surface area contributed by atoms with Gasteiger partial charge >= 0.3 is 0 Å². The first-order chi connectivity index (χ1) is 14.5. The molecule has 0 bridgehead atoms. The number of rotatable bonds is 9. The number of hydrogen-bond donors (Lipinski definition) is 1. The molecule has 1 saturated heterocycles. The van der Waals surface area contributed by atoms with E-state index in [1.807, 2.05) is 4.68 Å². The van der Waals surface area contributed by atoms with Crippen LogP contribution in [-0.2, 0) is 17.8 Å². The van der Waals surface area contributed by atoms with Gasteiger partial charge in [0.25, 0.3) is 5.91 Å². The molecule has 164 valence electrons. The van der Waals surface area contributed by atoms with Crippen LogP contribution in [-0.4, -0.2) is 60.0 Å². The Bertz CT molecular complexity index is 847. The minimum absolute atomic E-state index is 0.125. The van der Waals surface area contributed by atoms with Crippen molar-refractivity contribution in [2.24, 2.45) is 0 Å². The Morgan fingerprint density at radius 1 is 1.33 bits per heavy atom. The molecule has 2 aromatic rings. The molecule has 1 aliphatic rings. The van der Waals surface area contributed by atoms with Crippen LogP contribution in [0.3, 0.4) is 0 Å². The number of benzene rings is 1. The standard InChI is InChI=1S/C22H31ClN4O3/c1-4-27-15-18(16(2)25-27)14-26-10-7-19(8-11-26)30-21-6-5-17(13-20(21)23)22(28)24-9-12-29-3/h5-6,13,15,19H,4,7-12,14H2,1-3H3,(H,24,28). The summed E-state index contributed by atoms with van der Waals surface area (Å²) in [6, 6.07) is 5.18. The largest absolute Gasteiger partial charge is 0.489 e. The van der Waals surface area contributed by atoms with Gasteiger partial charge in [0.2, 0.25) is 0 Å². The lowest BCUT2D eigenvalue weighted by Crippen LogP contribution is -2.37. The zero-order chi connectivity index (χ0) is 21.5. The molecule has 0 atom stereocenters. The number of methoxy groups -OCH3 is 1. The minimum atomic E-state index is -0.171. The minimum Gasteiger partial charge on any atom is -0.489 e. The molecule has 8 heteroatoms. The fraction of sp³-hybridized carbons (Fsp3) is 0.545. The number of aromatic nitrogens is 2. The predicted molar refractivity (Wildman–Crippen MR) is 117 cm³/mol. The fourth-order valence-corrected chi connectivity index (χ4v) is 3.81. The molecule has 1 fully saturated rings. The summed E-state index contributed by atoms with van der Waals surface area (Å²) in [5.41, 5.74) is 2.91. The Kier molecular flexibility index (Phi) is 8.13. The second-order valence-corrected chi connectivity index (χ2v) is 7.99. The van der Waals surface area contributed by atoms with Gasteiger partial charge in [-0.1, -0.05) is 11.6 Å². The highest BCUT2D eigenvalue weighted by atomic mass is 35.5. The summed E-state index contributed by atoms with van der Waals surface area (Å²) in [4.78, 5) is 14.6. The third-order valence-corrected chi connectivity index (χ3v) is 5.68. The molecule has 3 rings (SSSR count). The highest BCUT2D eigenvalue weighted by molar-refractivity contribution is 6.32. The van der Waals surface area contributed by atoms with E-state index in [0.717, 1.165) is 44.7 Å². The zero-order valence-electron chi connectivity index (χ0n) is 18.0. The van der Waals surface area contributed by atoms with Gasteiger partial charge in [-0.15, -0.1) is 0 Å². The molecule has 0 unspecified atom stereocenters. The first-order valence-corrected chi connectivity index (χ1v) is 10.9. The first kappa shape index (κ1) is 22.6. The van der Waals surface area contributed by atoms with E-state index >= 15 is 0 Å². The third kappa shape index (κ3) is 5.97. The molecule has 1 aromatic heterocycles. The SMILES string of the molecule is CCn1cc(CN2CCC(Oc3ccc(C(=O)NCCOC)cc3Cl)CC2)c(C)n1. The van der Waals surface area contributed by atoms with Crippen LogP contribution in [0.4, 0.5) is 0 Å². The monoisotopic (exact) mass is 434 g/mol. The van der Waals surface area contributed by atoms with Crippen molar-refractivity contribution < 1.29 is 14.3 Å². The molecule has 1 aliphatic heterocycles. The summed E-state index contributed by atoms with van der Waals surface area (Å²) in [7, 11) is 1.60. The van der Waals surface area contributed by atoms with Crippen LogP contribution in [0.1, 0.15) is 41.4 Å². The van der Waals surface area contributed by atoms with Crippen molar-refractivity contribution in [2.75, 3.05) is 33.4 Å². The van der Waals surface area contributed by atoms with Gasteiger partial charge in [-0.3, -0.25) is 14.4 Å². The smallest absolute Gasteiger partial charge is 0.251 e. The predicted octanol–water partition coefficient (Wildman–Crippen LogP) is 3.28. The van der Waals surface area contributed by atoms with Crippen LogP contribution in [0, 0.1) is 6.92 Å². The van der Waals surface area contributed by atoms with E-state index in [1.54, 1.807) is 25.3 Å². The Morgan fingerprint density at radius 2 is 2.10 bits per heavy atom. The molecule has 1 aromatic carbocycles. The summed E-state index contributed by atoms with van der Waals surface area (Å²) >= 11 is 6.37. The van der Waals surface area contributed by atoms with Crippen molar-refractivity contribution in [1.82, 2.24) is 20.0 Å². The number of carbonyl (C=O) groups excluding carboxylic acids is 1. The molecule has 0 radical (unpaired) electrons. The maximum atomic E-state index is 12.1. The van der Waals surface area contributed by atoms with Crippen molar-refractivity contribution in [3.8, 4) is 5.75 Å². The van der Waals surface area contributed by atoms with E-state index in [1.165, 1.54) is 5.56 Å². The molecule has 0 saturated carbocycles. The zero-order valence-corrected chi connectivity index (χ0v) is 18.7. The molecule has 0 aliphatic carbocycles. The number of aryl methyl sites for hydroxylation is 2. The van der Waals surface area contributed by atoms with E-state index in [2.05, 4.69) is 35.4 Å². The second kappa shape index (κ2) is 10.8. The Hall–Kier alpha value is -2.09. The average Bonchev–Trinajstić information content (AvgIpc) is 3.10. The normalized spacial score (nSPS) is 15.3. The number of nitrogens with zero attached hydrogens (tertiary/aromatic N) is 3. The van der Waals surface area contributed by atoms with Crippen LogP contribution in [0.2, 0.25) is 5.02 Å². The van der Waals surface area contributed by atoms with Crippen LogP contribution in [0.5, 0.6) is 5.75 Å². The maximum absolute atomic E-state index is 12.1. The second-order valence-electron chi connectivity index (χ2n) is 7.58. The van der Waals surface area contributed by atoms with Crippen LogP contribution in [0.25, 0.3) is 0 Å². The molecule has 7 nitrogen and oxygen atoms in total. The molecule has 1 amide bonds. The van der Waals surface area contributed by atoms with E-state index in [-0.39, 0.29) is 12.0 Å². The Balaban J connectivity index is 1.49.